The number of hydrogen-bond donors (Lipinski definition) is 1. The van der Waals surface area contributed by atoms with Crippen molar-refractivity contribution in [2.45, 2.75) is 6.42 Å². The number of nitrogen functional groups attached to an aromatic ring is 1. The Morgan fingerprint density at radius 2 is 2.29 bits per heavy atom. The minimum Gasteiger partial charge on any atom is -0.351 e. The molecule has 0 radical (unpaired) electrons. The molecule has 0 aliphatic carbocycles. The second-order valence-electron chi connectivity index (χ2n) is 2.86. The summed E-state index contributed by atoms with van der Waals surface area (Å²) in [7, 11) is 0. The van der Waals surface area contributed by atoms with Crippen LogP contribution in [0, 0.1) is 0 Å². The topological polar surface area (TPSA) is 64.9 Å². The van der Waals surface area contributed by atoms with E-state index in [-0.39, 0.29) is 6.01 Å². The van der Waals surface area contributed by atoms with Gasteiger partial charge in [0, 0.05) is 10.9 Å². The summed E-state index contributed by atoms with van der Waals surface area (Å²) in [5.74, 6) is 0.598. The van der Waals surface area contributed by atoms with Crippen LogP contribution in [0.25, 0.3) is 0 Å². The van der Waals surface area contributed by atoms with Gasteiger partial charge in [0.2, 0.25) is 0 Å². The zero-order chi connectivity index (χ0) is 9.97. The molecule has 5 heteroatoms. The maximum atomic E-state index is 5.31. The quantitative estimate of drug-likeness (QED) is 0.890. The highest BCUT2D eigenvalue weighted by atomic mass is 79.9. The Morgan fingerprint density at radius 3 is 2.93 bits per heavy atom. The van der Waals surface area contributed by atoms with Gasteiger partial charge in [0.15, 0.2) is 5.82 Å². The van der Waals surface area contributed by atoms with Crippen LogP contribution >= 0.6 is 15.9 Å². The number of nitrogens with zero attached hydrogens (tertiary/aromatic N) is 2. The molecule has 1 aromatic heterocycles. The number of aromatic nitrogens is 2. The summed E-state index contributed by atoms with van der Waals surface area (Å²) in [6.45, 7) is 0. The van der Waals surface area contributed by atoms with Crippen molar-refractivity contribution in [1.82, 2.24) is 10.1 Å². The summed E-state index contributed by atoms with van der Waals surface area (Å²) in [4.78, 5) is 3.92. The SMILES string of the molecule is Nc1nc(Cc2cccc(Br)c2)no1. The van der Waals surface area contributed by atoms with Crippen LogP contribution in [0.15, 0.2) is 33.3 Å². The Balaban J connectivity index is 2.18. The average Bonchev–Trinajstić information content (AvgIpc) is 2.51. The van der Waals surface area contributed by atoms with Crippen molar-refractivity contribution in [3.05, 3.63) is 40.1 Å². The van der Waals surface area contributed by atoms with Crippen molar-refractivity contribution in [3.8, 4) is 0 Å². The molecule has 14 heavy (non-hydrogen) atoms. The molecule has 0 atom stereocenters. The van der Waals surface area contributed by atoms with E-state index in [9.17, 15) is 0 Å². The first-order valence-corrected chi connectivity index (χ1v) is 4.86. The minimum atomic E-state index is 0.106. The van der Waals surface area contributed by atoms with Gasteiger partial charge < -0.3 is 10.3 Å². The molecular formula is C9H8BrN3O. The van der Waals surface area contributed by atoms with E-state index in [0.717, 1.165) is 10.0 Å². The van der Waals surface area contributed by atoms with E-state index in [4.69, 9.17) is 5.73 Å². The number of halogens is 1. The minimum absolute atomic E-state index is 0.106. The summed E-state index contributed by atoms with van der Waals surface area (Å²) >= 11 is 3.39. The third kappa shape index (κ3) is 2.11. The summed E-state index contributed by atoms with van der Waals surface area (Å²) in [6, 6.07) is 8.04. The summed E-state index contributed by atoms with van der Waals surface area (Å²) in [6.07, 6.45) is 0.625. The molecule has 2 rings (SSSR count). The Labute approximate surface area is 89.2 Å². The third-order valence-corrected chi connectivity index (χ3v) is 2.23. The summed E-state index contributed by atoms with van der Waals surface area (Å²) < 4.78 is 5.71. The van der Waals surface area contributed by atoms with Crippen molar-refractivity contribution in [3.63, 3.8) is 0 Å². The van der Waals surface area contributed by atoms with E-state index in [1.807, 2.05) is 24.3 Å². The number of benzene rings is 1. The lowest BCUT2D eigenvalue weighted by Crippen LogP contribution is -1.91. The Bertz CT molecular complexity index is 441. The van der Waals surface area contributed by atoms with Gasteiger partial charge in [0.25, 0.3) is 0 Å². The fraction of sp³-hybridized carbons (Fsp3) is 0.111. The van der Waals surface area contributed by atoms with E-state index in [2.05, 4.69) is 30.6 Å². The summed E-state index contributed by atoms with van der Waals surface area (Å²) in [5.41, 5.74) is 6.42. The van der Waals surface area contributed by atoms with Crippen molar-refractivity contribution in [1.29, 1.82) is 0 Å². The number of nitrogens with two attached hydrogens (primary N) is 1. The van der Waals surface area contributed by atoms with Gasteiger partial charge in [-0.05, 0) is 17.7 Å². The molecule has 0 fully saturated rings. The predicted octanol–water partition coefficient (Wildman–Crippen LogP) is 2.01. The van der Waals surface area contributed by atoms with Gasteiger partial charge in [-0.2, -0.15) is 4.98 Å². The fourth-order valence-corrected chi connectivity index (χ4v) is 1.62. The number of rotatable bonds is 2. The van der Waals surface area contributed by atoms with Crippen LogP contribution < -0.4 is 5.73 Å². The van der Waals surface area contributed by atoms with E-state index in [1.165, 1.54) is 0 Å². The van der Waals surface area contributed by atoms with E-state index < -0.39 is 0 Å². The van der Waals surface area contributed by atoms with Gasteiger partial charge in [-0.3, -0.25) is 0 Å². The lowest BCUT2D eigenvalue weighted by atomic mass is 10.1. The van der Waals surface area contributed by atoms with Crippen LogP contribution in [-0.4, -0.2) is 10.1 Å². The molecule has 0 amide bonds. The fourth-order valence-electron chi connectivity index (χ4n) is 1.17. The zero-order valence-corrected chi connectivity index (χ0v) is 8.86. The van der Waals surface area contributed by atoms with Crippen LogP contribution in [0.5, 0.6) is 0 Å². The molecule has 0 saturated heterocycles. The Kier molecular flexibility index (Phi) is 2.49. The molecule has 0 spiro atoms. The molecule has 2 N–H and O–H groups in total. The highest BCUT2D eigenvalue weighted by Gasteiger charge is 2.03. The molecule has 0 aliphatic heterocycles. The highest BCUT2D eigenvalue weighted by Crippen LogP contribution is 2.14. The zero-order valence-electron chi connectivity index (χ0n) is 7.27. The van der Waals surface area contributed by atoms with Gasteiger partial charge in [-0.25, -0.2) is 0 Å². The van der Waals surface area contributed by atoms with Crippen LogP contribution in [0.1, 0.15) is 11.4 Å². The van der Waals surface area contributed by atoms with Crippen molar-refractivity contribution >= 4 is 21.9 Å². The lowest BCUT2D eigenvalue weighted by Gasteiger charge is -1.96. The predicted molar refractivity (Wildman–Crippen MR) is 55.7 cm³/mol. The first-order valence-electron chi connectivity index (χ1n) is 4.06. The van der Waals surface area contributed by atoms with Gasteiger partial charge in [0.05, 0.1) is 0 Å². The molecule has 1 heterocycles. The van der Waals surface area contributed by atoms with Gasteiger partial charge >= 0.3 is 6.01 Å². The van der Waals surface area contributed by atoms with Crippen molar-refractivity contribution in [2.24, 2.45) is 0 Å². The molecular weight excluding hydrogens is 246 g/mol. The highest BCUT2D eigenvalue weighted by molar-refractivity contribution is 9.10. The average molecular weight is 254 g/mol. The molecule has 0 bridgehead atoms. The first-order chi connectivity index (χ1) is 6.74. The van der Waals surface area contributed by atoms with Crippen LogP contribution in [-0.2, 0) is 6.42 Å². The molecule has 0 aliphatic rings. The van der Waals surface area contributed by atoms with Crippen LogP contribution in [0.3, 0.4) is 0 Å². The van der Waals surface area contributed by atoms with Gasteiger partial charge in [0.1, 0.15) is 0 Å². The normalized spacial score (nSPS) is 10.4. The van der Waals surface area contributed by atoms with Crippen molar-refractivity contribution < 1.29 is 4.52 Å². The van der Waals surface area contributed by atoms with Crippen molar-refractivity contribution in [2.75, 3.05) is 5.73 Å². The summed E-state index contributed by atoms with van der Waals surface area (Å²) in [5, 5.41) is 3.71. The number of anilines is 1. The molecule has 0 saturated carbocycles. The molecule has 1 aromatic carbocycles. The Hall–Kier alpha value is -1.36. The van der Waals surface area contributed by atoms with E-state index in [0.29, 0.717) is 12.2 Å². The molecule has 72 valence electrons. The smallest absolute Gasteiger partial charge is 0.318 e. The maximum absolute atomic E-state index is 5.31. The monoisotopic (exact) mass is 253 g/mol. The van der Waals surface area contributed by atoms with Crippen LogP contribution in [0.2, 0.25) is 0 Å². The van der Waals surface area contributed by atoms with Gasteiger partial charge in [-0.1, -0.05) is 33.2 Å². The second-order valence-corrected chi connectivity index (χ2v) is 3.77. The molecule has 2 aromatic rings. The molecule has 4 nitrogen and oxygen atoms in total. The third-order valence-electron chi connectivity index (χ3n) is 1.74. The lowest BCUT2D eigenvalue weighted by molar-refractivity contribution is 0.428. The molecule has 0 unspecified atom stereocenters. The van der Waals surface area contributed by atoms with Gasteiger partial charge in [-0.15, -0.1) is 0 Å². The van der Waals surface area contributed by atoms with E-state index in [1.54, 1.807) is 0 Å². The maximum Gasteiger partial charge on any atom is 0.318 e. The largest absolute Gasteiger partial charge is 0.351 e. The Morgan fingerprint density at radius 1 is 1.43 bits per heavy atom. The second kappa shape index (κ2) is 3.79. The number of hydrogen-bond acceptors (Lipinski definition) is 4. The first kappa shape index (κ1) is 9.21. The standard InChI is InChI=1S/C9H8BrN3O/c10-7-3-1-2-6(4-7)5-8-12-9(11)14-13-8/h1-4H,5H2,(H2,11,12,13). The van der Waals surface area contributed by atoms with Crippen LogP contribution in [0.4, 0.5) is 6.01 Å². The van der Waals surface area contributed by atoms with E-state index >= 15 is 0 Å².